The van der Waals surface area contributed by atoms with Gasteiger partial charge in [-0.05, 0) is 13.0 Å². The molecule has 0 aromatic carbocycles. The van der Waals surface area contributed by atoms with Crippen molar-refractivity contribution in [2.45, 2.75) is 12.2 Å². The summed E-state index contributed by atoms with van der Waals surface area (Å²) in [7, 11) is 0. The summed E-state index contributed by atoms with van der Waals surface area (Å²) in [4.78, 5) is 0. The van der Waals surface area contributed by atoms with Crippen LogP contribution in [0.1, 0.15) is 16.6 Å². The van der Waals surface area contributed by atoms with Crippen LogP contribution in [-0.4, -0.2) is 5.75 Å². The first-order chi connectivity index (χ1) is 4.36. The molecule has 1 nitrogen and oxygen atoms in total. The third-order valence-corrected chi connectivity index (χ3v) is 2.39. The standard InChI is InChI=1S/C7H8OS/c1-5-2-6(3-8-5)7-4-9-7/h2-3,7H,4H2,1H3. The second kappa shape index (κ2) is 1.81. The van der Waals surface area contributed by atoms with Crippen LogP contribution in [0, 0.1) is 6.92 Å². The molecule has 2 rings (SSSR count). The fraction of sp³-hybridized carbons (Fsp3) is 0.429. The molecule has 48 valence electrons. The van der Waals surface area contributed by atoms with Crippen LogP contribution in [-0.2, 0) is 0 Å². The first-order valence-corrected chi connectivity index (χ1v) is 4.08. The van der Waals surface area contributed by atoms with Gasteiger partial charge in [0, 0.05) is 16.6 Å². The summed E-state index contributed by atoms with van der Waals surface area (Å²) >= 11 is 1.97. The Morgan fingerprint density at radius 3 is 3.00 bits per heavy atom. The quantitative estimate of drug-likeness (QED) is 0.555. The van der Waals surface area contributed by atoms with Crippen LogP contribution in [0.3, 0.4) is 0 Å². The Hall–Kier alpha value is -0.370. The molecule has 2 heteroatoms. The van der Waals surface area contributed by atoms with Gasteiger partial charge in [0.05, 0.1) is 6.26 Å². The number of hydrogen-bond acceptors (Lipinski definition) is 2. The highest BCUT2D eigenvalue weighted by Crippen LogP contribution is 2.46. The third kappa shape index (κ3) is 0.990. The fourth-order valence-electron chi connectivity index (χ4n) is 0.873. The van der Waals surface area contributed by atoms with E-state index in [9.17, 15) is 0 Å². The van der Waals surface area contributed by atoms with Crippen molar-refractivity contribution >= 4 is 11.8 Å². The van der Waals surface area contributed by atoms with Gasteiger partial charge in [-0.15, -0.1) is 0 Å². The van der Waals surface area contributed by atoms with Gasteiger partial charge in [0.15, 0.2) is 0 Å². The molecule has 2 heterocycles. The zero-order valence-corrected chi connectivity index (χ0v) is 6.07. The molecular formula is C7H8OS. The van der Waals surface area contributed by atoms with E-state index < -0.39 is 0 Å². The lowest BCUT2D eigenvalue weighted by atomic mass is 10.2. The van der Waals surface area contributed by atoms with Crippen molar-refractivity contribution in [3.8, 4) is 0 Å². The predicted molar refractivity (Wildman–Crippen MR) is 38.6 cm³/mol. The van der Waals surface area contributed by atoms with Crippen molar-refractivity contribution in [1.29, 1.82) is 0 Å². The lowest BCUT2D eigenvalue weighted by Crippen LogP contribution is -1.68. The molecule has 0 bridgehead atoms. The Kier molecular flexibility index (Phi) is 1.09. The molecule has 0 radical (unpaired) electrons. The molecule has 9 heavy (non-hydrogen) atoms. The smallest absolute Gasteiger partial charge is 0.101 e. The van der Waals surface area contributed by atoms with E-state index in [1.54, 1.807) is 0 Å². The van der Waals surface area contributed by atoms with E-state index in [1.807, 2.05) is 24.9 Å². The molecule has 0 spiro atoms. The largest absolute Gasteiger partial charge is 0.469 e. The molecule has 1 aliphatic heterocycles. The Morgan fingerprint density at radius 2 is 2.56 bits per heavy atom. The highest BCUT2D eigenvalue weighted by Gasteiger charge is 2.25. The lowest BCUT2D eigenvalue weighted by molar-refractivity contribution is 0.532. The maximum atomic E-state index is 5.15. The summed E-state index contributed by atoms with van der Waals surface area (Å²) in [5.74, 6) is 2.30. The number of thioether (sulfide) groups is 1. The maximum Gasteiger partial charge on any atom is 0.101 e. The number of hydrogen-bond donors (Lipinski definition) is 0. The van der Waals surface area contributed by atoms with Crippen LogP contribution in [0.4, 0.5) is 0 Å². The predicted octanol–water partition coefficient (Wildman–Crippen LogP) is 2.38. The van der Waals surface area contributed by atoms with Gasteiger partial charge in [0.25, 0.3) is 0 Å². The molecule has 1 fully saturated rings. The second-order valence-corrected chi connectivity index (χ2v) is 3.55. The highest BCUT2D eigenvalue weighted by molar-refractivity contribution is 8.06. The Bertz CT molecular complexity index is 212. The monoisotopic (exact) mass is 140 g/mol. The molecule has 1 aromatic rings. The van der Waals surface area contributed by atoms with Gasteiger partial charge in [0.1, 0.15) is 5.76 Å². The van der Waals surface area contributed by atoms with Crippen molar-refractivity contribution in [3.63, 3.8) is 0 Å². The molecule has 0 amide bonds. The van der Waals surface area contributed by atoms with E-state index in [1.165, 1.54) is 11.3 Å². The fourth-order valence-corrected chi connectivity index (χ4v) is 1.48. The van der Waals surface area contributed by atoms with Gasteiger partial charge >= 0.3 is 0 Å². The first kappa shape index (κ1) is 5.42. The molecule has 0 saturated carbocycles. The SMILES string of the molecule is Cc1cc(C2CS2)co1. The van der Waals surface area contributed by atoms with Gasteiger partial charge in [-0.1, -0.05) is 0 Å². The minimum absolute atomic E-state index is 0.752. The van der Waals surface area contributed by atoms with Gasteiger partial charge < -0.3 is 4.42 Å². The second-order valence-electron chi connectivity index (χ2n) is 2.31. The lowest BCUT2D eigenvalue weighted by Gasteiger charge is -1.79. The molecule has 1 unspecified atom stereocenters. The summed E-state index contributed by atoms with van der Waals surface area (Å²) in [5.41, 5.74) is 1.36. The highest BCUT2D eigenvalue weighted by atomic mass is 32.2. The van der Waals surface area contributed by atoms with Crippen LogP contribution in [0.5, 0.6) is 0 Å². The van der Waals surface area contributed by atoms with Crippen LogP contribution >= 0.6 is 11.8 Å². The van der Waals surface area contributed by atoms with E-state index in [0.717, 1.165) is 11.0 Å². The number of furan rings is 1. The maximum absolute atomic E-state index is 5.15. The van der Waals surface area contributed by atoms with E-state index >= 15 is 0 Å². The Balaban J connectivity index is 2.28. The van der Waals surface area contributed by atoms with Crippen LogP contribution in [0.2, 0.25) is 0 Å². The van der Waals surface area contributed by atoms with Crippen LogP contribution < -0.4 is 0 Å². The van der Waals surface area contributed by atoms with Gasteiger partial charge in [0.2, 0.25) is 0 Å². The van der Waals surface area contributed by atoms with E-state index in [4.69, 9.17) is 4.42 Å². The van der Waals surface area contributed by atoms with Crippen molar-refractivity contribution in [3.05, 3.63) is 23.7 Å². The van der Waals surface area contributed by atoms with E-state index in [2.05, 4.69) is 6.07 Å². The van der Waals surface area contributed by atoms with Gasteiger partial charge in [-0.2, -0.15) is 11.8 Å². The molecule has 0 aliphatic carbocycles. The molecule has 0 N–H and O–H groups in total. The zero-order valence-electron chi connectivity index (χ0n) is 5.26. The van der Waals surface area contributed by atoms with Crippen LogP contribution in [0.25, 0.3) is 0 Å². The van der Waals surface area contributed by atoms with Crippen molar-refractivity contribution in [2.24, 2.45) is 0 Å². The van der Waals surface area contributed by atoms with E-state index in [0.29, 0.717) is 0 Å². The molecule has 1 saturated heterocycles. The number of rotatable bonds is 1. The third-order valence-electron chi connectivity index (χ3n) is 1.46. The van der Waals surface area contributed by atoms with E-state index in [-0.39, 0.29) is 0 Å². The van der Waals surface area contributed by atoms with Crippen molar-refractivity contribution in [1.82, 2.24) is 0 Å². The zero-order chi connectivity index (χ0) is 6.27. The van der Waals surface area contributed by atoms with Crippen molar-refractivity contribution < 1.29 is 4.42 Å². The average molecular weight is 140 g/mol. The Labute approximate surface area is 58.4 Å². The van der Waals surface area contributed by atoms with Gasteiger partial charge in [-0.3, -0.25) is 0 Å². The topological polar surface area (TPSA) is 13.1 Å². The summed E-state index contributed by atoms with van der Waals surface area (Å²) in [6, 6.07) is 2.12. The normalized spacial score (nSPS) is 24.3. The first-order valence-electron chi connectivity index (χ1n) is 3.03. The van der Waals surface area contributed by atoms with Crippen LogP contribution in [0.15, 0.2) is 16.7 Å². The summed E-state index contributed by atoms with van der Waals surface area (Å²) in [6.07, 6.45) is 1.86. The van der Waals surface area contributed by atoms with Gasteiger partial charge in [-0.25, -0.2) is 0 Å². The molecule has 1 aromatic heterocycles. The summed E-state index contributed by atoms with van der Waals surface area (Å²) in [6.45, 7) is 1.98. The summed E-state index contributed by atoms with van der Waals surface area (Å²) < 4.78 is 5.15. The van der Waals surface area contributed by atoms with Crippen molar-refractivity contribution in [2.75, 3.05) is 5.75 Å². The molecular weight excluding hydrogens is 132 g/mol. The minimum Gasteiger partial charge on any atom is -0.469 e. The minimum atomic E-state index is 0.752. The summed E-state index contributed by atoms with van der Waals surface area (Å²) in [5, 5.41) is 0.752. The average Bonchev–Trinajstić information content (AvgIpc) is 2.58. The molecule has 1 aliphatic rings. The molecule has 1 atom stereocenters. The number of aryl methyl sites for hydroxylation is 1. The Morgan fingerprint density at radius 1 is 1.78 bits per heavy atom.